The normalized spacial score (nSPS) is 19.6. The largest absolute Gasteiger partial charge is 0.480 e. The van der Waals surface area contributed by atoms with E-state index >= 15 is 0 Å². The van der Waals surface area contributed by atoms with Gasteiger partial charge in [0.2, 0.25) is 5.91 Å². The minimum atomic E-state index is -0.874. The second-order valence-electron chi connectivity index (χ2n) is 5.61. The number of benzene rings is 1. The number of carboxylic acids is 1. The molecule has 1 unspecified atom stereocenters. The van der Waals surface area contributed by atoms with E-state index in [9.17, 15) is 14.7 Å². The van der Waals surface area contributed by atoms with Crippen LogP contribution in [0.1, 0.15) is 31.4 Å². The molecular formula is C16H22N2O3. The van der Waals surface area contributed by atoms with Gasteiger partial charge in [-0.2, -0.15) is 0 Å². The quantitative estimate of drug-likeness (QED) is 0.860. The van der Waals surface area contributed by atoms with E-state index < -0.39 is 12.0 Å². The summed E-state index contributed by atoms with van der Waals surface area (Å²) in [4.78, 5) is 25.2. The number of rotatable bonds is 5. The van der Waals surface area contributed by atoms with Gasteiger partial charge in [-0.05, 0) is 30.9 Å². The molecule has 0 aliphatic carbocycles. The lowest BCUT2D eigenvalue weighted by atomic mass is 9.94. The summed E-state index contributed by atoms with van der Waals surface area (Å²) < 4.78 is 0. The number of carbonyl (C=O) groups is 2. The van der Waals surface area contributed by atoms with Crippen LogP contribution >= 0.6 is 0 Å². The molecule has 2 rings (SSSR count). The summed E-state index contributed by atoms with van der Waals surface area (Å²) in [5.74, 6) is -0.990. The molecule has 5 heteroatoms. The SMILES string of the molecule is CCC(C)NC(=O)CN1Cc2ccccc2C[C@H]1C(=O)O. The van der Waals surface area contributed by atoms with E-state index in [1.807, 2.05) is 38.1 Å². The van der Waals surface area contributed by atoms with Crippen molar-refractivity contribution in [2.75, 3.05) is 6.54 Å². The van der Waals surface area contributed by atoms with E-state index in [4.69, 9.17) is 0 Å². The fraction of sp³-hybridized carbons (Fsp3) is 0.500. The fourth-order valence-corrected chi connectivity index (χ4v) is 2.59. The van der Waals surface area contributed by atoms with Gasteiger partial charge in [0, 0.05) is 12.6 Å². The number of amides is 1. The lowest BCUT2D eigenvalue weighted by molar-refractivity contribution is -0.144. The Kier molecular flexibility index (Phi) is 4.96. The van der Waals surface area contributed by atoms with Crippen LogP contribution in [0, 0.1) is 0 Å². The van der Waals surface area contributed by atoms with Gasteiger partial charge in [-0.15, -0.1) is 0 Å². The highest BCUT2D eigenvalue weighted by atomic mass is 16.4. The van der Waals surface area contributed by atoms with Crippen LogP contribution in [0.2, 0.25) is 0 Å². The number of fused-ring (bicyclic) bond motifs is 1. The zero-order chi connectivity index (χ0) is 15.4. The summed E-state index contributed by atoms with van der Waals surface area (Å²) in [5.41, 5.74) is 2.16. The molecule has 114 valence electrons. The number of carbonyl (C=O) groups excluding carboxylic acids is 1. The Morgan fingerprint density at radius 2 is 2.05 bits per heavy atom. The van der Waals surface area contributed by atoms with Gasteiger partial charge in [0.1, 0.15) is 6.04 Å². The van der Waals surface area contributed by atoms with Crippen molar-refractivity contribution >= 4 is 11.9 Å². The Morgan fingerprint density at radius 1 is 1.38 bits per heavy atom. The molecule has 5 nitrogen and oxygen atoms in total. The zero-order valence-electron chi connectivity index (χ0n) is 12.5. The lowest BCUT2D eigenvalue weighted by Crippen LogP contribution is -2.50. The summed E-state index contributed by atoms with van der Waals surface area (Å²) in [7, 11) is 0. The molecule has 0 aromatic heterocycles. The van der Waals surface area contributed by atoms with E-state index in [1.165, 1.54) is 0 Å². The zero-order valence-corrected chi connectivity index (χ0v) is 12.5. The number of carboxylic acid groups (broad SMARTS) is 1. The lowest BCUT2D eigenvalue weighted by Gasteiger charge is -2.34. The molecule has 0 radical (unpaired) electrons. The third-order valence-electron chi connectivity index (χ3n) is 4.00. The second kappa shape index (κ2) is 6.72. The number of nitrogens with zero attached hydrogens (tertiary/aromatic N) is 1. The summed E-state index contributed by atoms with van der Waals surface area (Å²) in [5, 5.41) is 12.3. The predicted octanol–water partition coefficient (Wildman–Crippen LogP) is 1.41. The second-order valence-corrected chi connectivity index (χ2v) is 5.61. The van der Waals surface area contributed by atoms with Gasteiger partial charge in [-0.25, -0.2) is 0 Å². The molecular weight excluding hydrogens is 268 g/mol. The third-order valence-corrected chi connectivity index (χ3v) is 4.00. The molecule has 0 fully saturated rings. The van der Waals surface area contributed by atoms with Gasteiger partial charge in [0.15, 0.2) is 0 Å². The molecule has 1 aliphatic rings. The topological polar surface area (TPSA) is 69.6 Å². The van der Waals surface area contributed by atoms with E-state index in [-0.39, 0.29) is 18.5 Å². The smallest absolute Gasteiger partial charge is 0.321 e. The Bertz CT molecular complexity index is 530. The Morgan fingerprint density at radius 3 is 2.67 bits per heavy atom. The molecule has 0 saturated heterocycles. The first-order chi connectivity index (χ1) is 10.0. The van der Waals surface area contributed by atoms with Gasteiger partial charge < -0.3 is 10.4 Å². The first-order valence-corrected chi connectivity index (χ1v) is 7.34. The molecule has 0 spiro atoms. The standard InChI is InChI=1S/C16H22N2O3/c1-3-11(2)17-15(19)10-18-9-13-7-5-4-6-12(13)8-14(18)16(20)21/h4-7,11,14H,3,8-10H2,1-2H3,(H,17,19)(H,20,21)/t11?,14-/m0/s1. The van der Waals surface area contributed by atoms with Crippen molar-refractivity contribution in [3.63, 3.8) is 0 Å². The van der Waals surface area contributed by atoms with Gasteiger partial charge in [0.25, 0.3) is 0 Å². The summed E-state index contributed by atoms with van der Waals surface area (Å²) in [6.07, 6.45) is 1.30. The molecule has 21 heavy (non-hydrogen) atoms. The molecule has 1 aromatic rings. The monoisotopic (exact) mass is 290 g/mol. The third kappa shape index (κ3) is 3.82. The molecule has 1 heterocycles. The fourth-order valence-electron chi connectivity index (χ4n) is 2.59. The maximum absolute atomic E-state index is 12.0. The predicted molar refractivity (Wildman–Crippen MR) is 79.9 cm³/mol. The maximum Gasteiger partial charge on any atom is 0.321 e. The molecule has 2 N–H and O–H groups in total. The van der Waals surface area contributed by atoms with Crippen molar-refractivity contribution in [3.05, 3.63) is 35.4 Å². The van der Waals surface area contributed by atoms with Crippen molar-refractivity contribution in [1.82, 2.24) is 10.2 Å². The Hall–Kier alpha value is -1.88. The van der Waals surface area contributed by atoms with Crippen LogP contribution in [0.4, 0.5) is 0 Å². The maximum atomic E-state index is 12.0. The minimum absolute atomic E-state index is 0.109. The first kappa shape index (κ1) is 15.5. The summed E-state index contributed by atoms with van der Waals surface area (Å²) in [6, 6.07) is 7.29. The minimum Gasteiger partial charge on any atom is -0.480 e. The number of hydrogen-bond donors (Lipinski definition) is 2. The van der Waals surface area contributed by atoms with Crippen molar-refractivity contribution in [3.8, 4) is 0 Å². The van der Waals surface area contributed by atoms with Crippen LogP contribution in [0.3, 0.4) is 0 Å². The van der Waals surface area contributed by atoms with Gasteiger partial charge in [-0.1, -0.05) is 31.2 Å². The van der Waals surface area contributed by atoms with Crippen molar-refractivity contribution in [2.45, 2.75) is 45.3 Å². The first-order valence-electron chi connectivity index (χ1n) is 7.34. The van der Waals surface area contributed by atoms with E-state index in [1.54, 1.807) is 4.90 Å². The number of aliphatic carboxylic acids is 1. The highest BCUT2D eigenvalue weighted by Gasteiger charge is 2.32. The number of nitrogens with one attached hydrogen (secondary N) is 1. The summed E-state index contributed by atoms with van der Waals surface area (Å²) >= 11 is 0. The number of hydrogen-bond acceptors (Lipinski definition) is 3. The van der Waals surface area contributed by atoms with Crippen molar-refractivity contribution < 1.29 is 14.7 Å². The highest BCUT2D eigenvalue weighted by Crippen LogP contribution is 2.23. The van der Waals surface area contributed by atoms with Crippen molar-refractivity contribution in [1.29, 1.82) is 0 Å². The van der Waals surface area contributed by atoms with Crippen molar-refractivity contribution in [2.24, 2.45) is 0 Å². The van der Waals surface area contributed by atoms with Crippen LogP contribution in [0.15, 0.2) is 24.3 Å². The van der Waals surface area contributed by atoms with Crippen LogP contribution in [-0.2, 0) is 22.6 Å². The van der Waals surface area contributed by atoms with Gasteiger partial charge >= 0.3 is 5.97 Å². The van der Waals surface area contributed by atoms with Crippen LogP contribution in [0.25, 0.3) is 0 Å². The van der Waals surface area contributed by atoms with E-state index in [2.05, 4.69) is 5.32 Å². The van der Waals surface area contributed by atoms with E-state index in [0.717, 1.165) is 17.5 Å². The van der Waals surface area contributed by atoms with Gasteiger partial charge in [0.05, 0.1) is 6.54 Å². The molecule has 0 bridgehead atoms. The molecule has 1 amide bonds. The average Bonchev–Trinajstić information content (AvgIpc) is 2.46. The molecule has 1 aromatic carbocycles. The molecule has 0 saturated carbocycles. The van der Waals surface area contributed by atoms with Crippen LogP contribution in [-0.4, -0.2) is 40.5 Å². The average molecular weight is 290 g/mol. The van der Waals surface area contributed by atoms with Crippen LogP contribution in [0.5, 0.6) is 0 Å². The summed E-state index contributed by atoms with van der Waals surface area (Å²) in [6.45, 7) is 4.57. The molecule has 2 atom stereocenters. The van der Waals surface area contributed by atoms with Crippen LogP contribution < -0.4 is 5.32 Å². The highest BCUT2D eigenvalue weighted by molar-refractivity contribution is 5.80. The molecule has 1 aliphatic heterocycles. The Balaban J connectivity index is 2.10. The Labute approximate surface area is 125 Å². The van der Waals surface area contributed by atoms with Gasteiger partial charge in [-0.3, -0.25) is 14.5 Å². The van der Waals surface area contributed by atoms with E-state index in [0.29, 0.717) is 13.0 Å².